The van der Waals surface area contributed by atoms with Gasteiger partial charge in [0.1, 0.15) is 19.3 Å². The number of nitrogens with one attached hydrogen (secondary N) is 1. The number of hydrogen-bond donors (Lipinski definition) is 2. The Morgan fingerprint density at radius 3 is 1.12 bits per heavy atom. The van der Waals surface area contributed by atoms with Gasteiger partial charge in [0.15, 0.2) is 0 Å². The second kappa shape index (κ2) is 62.5. The van der Waals surface area contributed by atoms with Crippen molar-refractivity contribution in [1.82, 2.24) is 5.32 Å². The van der Waals surface area contributed by atoms with E-state index in [9.17, 15) is 19.0 Å². The van der Waals surface area contributed by atoms with Crippen molar-refractivity contribution in [2.24, 2.45) is 0 Å². The summed E-state index contributed by atoms with van der Waals surface area (Å²) in [6.07, 6.45) is 81.9. The van der Waals surface area contributed by atoms with E-state index in [-0.39, 0.29) is 31.5 Å². The number of nitrogens with zero attached hydrogens (tertiary/aromatic N) is 1. The fraction of sp³-hybridized carbons (Fsp3) is 0.808. The first kappa shape index (κ1) is 80.5. The molecule has 0 fully saturated rings. The summed E-state index contributed by atoms with van der Waals surface area (Å²) in [5, 5.41) is 3.07. The largest absolute Gasteiger partial charge is 0.472 e. The van der Waals surface area contributed by atoms with Crippen molar-refractivity contribution in [3.8, 4) is 0 Å². The lowest BCUT2D eigenvalue weighted by molar-refractivity contribution is -0.870. The van der Waals surface area contributed by atoms with E-state index in [1.54, 1.807) is 0 Å². The summed E-state index contributed by atoms with van der Waals surface area (Å²) in [7, 11) is 1.50. The van der Waals surface area contributed by atoms with E-state index in [0.717, 1.165) is 89.9 Å². The molecule has 3 atom stereocenters. The van der Waals surface area contributed by atoms with Gasteiger partial charge in [-0.3, -0.25) is 18.6 Å². The van der Waals surface area contributed by atoms with Crippen LogP contribution in [0.1, 0.15) is 329 Å². The topological polar surface area (TPSA) is 111 Å². The van der Waals surface area contributed by atoms with E-state index < -0.39 is 20.0 Å². The zero-order chi connectivity index (χ0) is 60.7. The molecule has 0 heterocycles. The highest BCUT2D eigenvalue weighted by molar-refractivity contribution is 7.47. The van der Waals surface area contributed by atoms with Crippen LogP contribution in [0.25, 0.3) is 0 Å². The highest BCUT2D eigenvalue weighted by atomic mass is 31.2. The summed E-state index contributed by atoms with van der Waals surface area (Å²) in [5.74, 6) is -0.505. The van der Waals surface area contributed by atoms with E-state index in [0.29, 0.717) is 17.4 Å². The molecular weight excluding hydrogens is 1050 g/mol. The summed E-state index contributed by atoms with van der Waals surface area (Å²) in [5.41, 5.74) is 0. The first-order chi connectivity index (χ1) is 40.4. The lowest BCUT2D eigenvalue weighted by Gasteiger charge is -2.27. The second-order valence-corrected chi connectivity index (χ2v) is 26.5. The van der Waals surface area contributed by atoms with Crippen molar-refractivity contribution in [2.75, 3.05) is 40.9 Å². The lowest BCUT2D eigenvalue weighted by Crippen LogP contribution is -2.47. The van der Waals surface area contributed by atoms with Crippen LogP contribution in [0.15, 0.2) is 72.9 Å². The molecule has 10 heteroatoms. The number of likely N-dealkylation sites (N-methyl/N-ethyl adjacent to an activating group) is 1. The quantitative estimate of drug-likeness (QED) is 0.0205. The standard InChI is InChI=1S/C73H135N2O7P/c1-7-10-13-16-19-22-25-28-30-32-33-34-35-36-37-38-39-40-41-43-44-47-50-53-56-59-62-65-72(76)74-70(69-81-83(78,79)80-68-67-75(4,5)6)71(64-61-58-55-52-49-46-27-24-21-18-15-12-9-3)82-73(77)66-63-60-57-54-51-48-45-42-31-29-26-23-20-17-14-11-8-2/h19-20,22-23,28-31,33-34,61,64,70-71H,7-18,21,24-27,32,35-60,62-63,65-69H2,1-6H3,(H-,74,76,78,79)/p+1/b22-19-,23-20-,30-28-,31-29-,34-33-,64-61-. The van der Waals surface area contributed by atoms with Crippen LogP contribution in [0.5, 0.6) is 0 Å². The predicted molar refractivity (Wildman–Crippen MR) is 360 cm³/mol. The van der Waals surface area contributed by atoms with E-state index >= 15 is 0 Å². The van der Waals surface area contributed by atoms with Crippen LogP contribution in [-0.4, -0.2) is 74.3 Å². The number of hydrogen-bond acceptors (Lipinski definition) is 6. The zero-order valence-corrected chi connectivity index (χ0v) is 56.3. The molecule has 0 aliphatic rings. The molecule has 0 radical (unpaired) electrons. The number of carbonyl (C=O) groups excluding carboxylic acids is 2. The first-order valence-electron chi connectivity index (χ1n) is 35.3. The van der Waals surface area contributed by atoms with Gasteiger partial charge in [-0.1, -0.05) is 287 Å². The lowest BCUT2D eigenvalue weighted by atomic mass is 10.0. The van der Waals surface area contributed by atoms with Crippen LogP contribution < -0.4 is 5.32 Å². The molecule has 3 unspecified atom stereocenters. The van der Waals surface area contributed by atoms with Crippen molar-refractivity contribution in [3.05, 3.63) is 72.9 Å². The summed E-state index contributed by atoms with van der Waals surface area (Å²) in [4.78, 5) is 37.9. The van der Waals surface area contributed by atoms with Crippen LogP contribution in [-0.2, 0) is 27.9 Å². The Hall–Kier alpha value is -2.55. The smallest absolute Gasteiger partial charge is 0.456 e. The Kier molecular flexibility index (Phi) is 60.6. The molecule has 2 N–H and O–H groups in total. The monoisotopic (exact) mass is 1180 g/mol. The molecule has 0 aromatic carbocycles. The Balaban J connectivity index is 5.06. The number of phosphoric acid groups is 1. The fourth-order valence-corrected chi connectivity index (χ4v) is 10.9. The molecule has 0 aliphatic carbocycles. The van der Waals surface area contributed by atoms with Gasteiger partial charge in [-0.15, -0.1) is 0 Å². The van der Waals surface area contributed by atoms with Gasteiger partial charge in [-0.25, -0.2) is 4.57 Å². The normalized spacial score (nSPS) is 14.0. The molecule has 0 aromatic rings. The summed E-state index contributed by atoms with van der Waals surface area (Å²) < 4.78 is 30.8. The minimum atomic E-state index is -4.46. The van der Waals surface area contributed by atoms with Gasteiger partial charge in [0.2, 0.25) is 5.91 Å². The molecule has 9 nitrogen and oxygen atoms in total. The Labute approximate surface area is 514 Å². The molecule has 0 aliphatic heterocycles. The van der Waals surface area contributed by atoms with Crippen molar-refractivity contribution < 1.29 is 37.3 Å². The molecule has 0 saturated heterocycles. The molecular formula is C73H136N2O7P+. The number of unbranched alkanes of at least 4 members (excludes halogenated alkanes) is 38. The predicted octanol–water partition coefficient (Wildman–Crippen LogP) is 22.3. The van der Waals surface area contributed by atoms with Crippen LogP contribution in [0.4, 0.5) is 0 Å². The number of allylic oxidation sites excluding steroid dienone is 11. The Morgan fingerprint density at radius 2 is 0.735 bits per heavy atom. The van der Waals surface area contributed by atoms with Crippen molar-refractivity contribution in [1.29, 1.82) is 0 Å². The number of ether oxygens (including phenoxy) is 1. The summed E-state index contributed by atoms with van der Waals surface area (Å²) >= 11 is 0. The minimum absolute atomic E-state index is 0.0378. The van der Waals surface area contributed by atoms with Crippen LogP contribution >= 0.6 is 7.82 Å². The SMILES string of the molecule is CCCCC/C=C\C/C=C\C/C=C\CCCCCCCCCCCCCCCCC(=O)NC(COP(=O)(O)OCC[N+](C)(C)C)C(/C=C\CCCCCCCCCCCCC)OC(=O)CCCCCCCCC/C=C\C/C=C\CCCCC. The van der Waals surface area contributed by atoms with Gasteiger partial charge < -0.3 is 19.4 Å². The second-order valence-electron chi connectivity index (χ2n) is 25.0. The molecule has 0 saturated carbocycles. The summed E-state index contributed by atoms with van der Waals surface area (Å²) in [6.45, 7) is 6.99. The average molecular weight is 1180 g/mol. The van der Waals surface area contributed by atoms with E-state index in [2.05, 4.69) is 86.8 Å². The van der Waals surface area contributed by atoms with E-state index in [4.69, 9.17) is 13.8 Å². The maximum absolute atomic E-state index is 13.6. The third kappa shape index (κ3) is 63.8. The third-order valence-electron chi connectivity index (χ3n) is 15.6. The highest BCUT2D eigenvalue weighted by Gasteiger charge is 2.30. The maximum atomic E-state index is 13.6. The number of esters is 1. The molecule has 0 aromatic heterocycles. The van der Waals surface area contributed by atoms with Crippen LogP contribution in [0.3, 0.4) is 0 Å². The van der Waals surface area contributed by atoms with Gasteiger partial charge in [0, 0.05) is 12.8 Å². The van der Waals surface area contributed by atoms with Gasteiger partial charge in [0.05, 0.1) is 33.8 Å². The molecule has 484 valence electrons. The van der Waals surface area contributed by atoms with Gasteiger partial charge in [-0.2, -0.15) is 0 Å². The molecule has 0 spiro atoms. The number of phosphoric ester groups is 1. The summed E-state index contributed by atoms with van der Waals surface area (Å²) in [6, 6.07) is -0.854. The van der Waals surface area contributed by atoms with Crippen LogP contribution in [0.2, 0.25) is 0 Å². The first-order valence-corrected chi connectivity index (χ1v) is 36.8. The fourth-order valence-electron chi connectivity index (χ4n) is 10.2. The zero-order valence-electron chi connectivity index (χ0n) is 55.4. The van der Waals surface area contributed by atoms with Crippen LogP contribution in [0, 0.1) is 0 Å². The number of quaternary nitrogens is 1. The molecule has 1 amide bonds. The number of rotatable bonds is 64. The van der Waals surface area contributed by atoms with E-state index in [1.165, 1.54) is 205 Å². The van der Waals surface area contributed by atoms with Gasteiger partial charge in [-0.05, 0) is 102 Å². The molecule has 0 rings (SSSR count). The minimum Gasteiger partial charge on any atom is -0.456 e. The Morgan fingerprint density at radius 1 is 0.422 bits per heavy atom. The maximum Gasteiger partial charge on any atom is 0.472 e. The molecule has 83 heavy (non-hydrogen) atoms. The Bertz CT molecular complexity index is 1650. The number of carbonyl (C=O) groups is 2. The van der Waals surface area contributed by atoms with Gasteiger partial charge >= 0.3 is 13.8 Å². The van der Waals surface area contributed by atoms with Crippen molar-refractivity contribution >= 4 is 19.7 Å². The highest BCUT2D eigenvalue weighted by Crippen LogP contribution is 2.43. The average Bonchev–Trinajstić information content (AvgIpc) is 3.47. The van der Waals surface area contributed by atoms with Crippen molar-refractivity contribution in [3.63, 3.8) is 0 Å². The third-order valence-corrected chi connectivity index (χ3v) is 16.6. The molecule has 0 bridgehead atoms. The van der Waals surface area contributed by atoms with E-state index in [1.807, 2.05) is 33.3 Å². The van der Waals surface area contributed by atoms with Gasteiger partial charge in [0.25, 0.3) is 0 Å². The van der Waals surface area contributed by atoms with Crippen molar-refractivity contribution in [2.45, 2.75) is 341 Å². The number of amides is 1.